The van der Waals surface area contributed by atoms with Crippen molar-refractivity contribution in [1.82, 2.24) is 9.80 Å². The first-order valence-electron chi connectivity index (χ1n) is 11.3. The van der Waals surface area contributed by atoms with Gasteiger partial charge in [-0.3, -0.25) is 14.9 Å². The highest BCUT2D eigenvalue weighted by molar-refractivity contribution is 5.94. The first-order chi connectivity index (χ1) is 15.3. The number of piperidine rings is 1. The van der Waals surface area contributed by atoms with Crippen LogP contribution < -0.4 is 0 Å². The van der Waals surface area contributed by atoms with Crippen molar-refractivity contribution in [2.45, 2.75) is 45.1 Å². The third-order valence-corrected chi connectivity index (χ3v) is 6.02. The lowest BCUT2D eigenvalue weighted by Gasteiger charge is -2.36. The number of hydrogen-bond donors (Lipinski definition) is 0. The molecule has 0 saturated carbocycles. The first-order valence-corrected chi connectivity index (χ1v) is 11.3. The fourth-order valence-electron chi connectivity index (χ4n) is 4.53. The van der Waals surface area contributed by atoms with E-state index >= 15 is 0 Å². The van der Waals surface area contributed by atoms with E-state index in [0.717, 1.165) is 43.5 Å². The van der Waals surface area contributed by atoms with Crippen molar-refractivity contribution in [3.8, 4) is 11.1 Å². The molecule has 1 saturated heterocycles. The Morgan fingerprint density at radius 1 is 1.19 bits per heavy atom. The predicted octanol–water partition coefficient (Wildman–Crippen LogP) is 5.34. The van der Waals surface area contributed by atoms with Crippen molar-refractivity contribution in [1.29, 1.82) is 0 Å². The molecule has 1 amide bonds. The van der Waals surface area contributed by atoms with E-state index in [1.54, 1.807) is 18.2 Å². The molecule has 170 valence electrons. The van der Waals surface area contributed by atoms with Crippen molar-refractivity contribution < 1.29 is 9.72 Å². The average Bonchev–Trinajstić information content (AvgIpc) is 2.77. The maximum absolute atomic E-state index is 13.1. The number of rotatable bonds is 7. The van der Waals surface area contributed by atoms with E-state index < -0.39 is 0 Å². The lowest BCUT2D eigenvalue weighted by molar-refractivity contribution is -0.384. The predicted molar refractivity (Wildman–Crippen MR) is 130 cm³/mol. The highest BCUT2D eigenvalue weighted by atomic mass is 16.6. The highest BCUT2D eigenvalue weighted by Crippen LogP contribution is 2.38. The van der Waals surface area contributed by atoms with Gasteiger partial charge in [0.05, 0.1) is 10.5 Å². The van der Waals surface area contributed by atoms with Gasteiger partial charge in [-0.2, -0.15) is 0 Å². The van der Waals surface area contributed by atoms with E-state index in [9.17, 15) is 14.9 Å². The number of nitro groups is 1. The van der Waals surface area contributed by atoms with Crippen molar-refractivity contribution in [2.75, 3.05) is 27.2 Å². The smallest absolute Gasteiger partial charge is 0.277 e. The molecule has 6 heteroatoms. The van der Waals surface area contributed by atoms with Crippen LogP contribution in [0.2, 0.25) is 0 Å². The number of benzene rings is 2. The molecule has 1 unspecified atom stereocenters. The Kier molecular flexibility index (Phi) is 7.80. The maximum atomic E-state index is 13.1. The maximum Gasteiger partial charge on any atom is 0.277 e. The van der Waals surface area contributed by atoms with E-state index in [1.807, 2.05) is 49.3 Å². The molecule has 1 aliphatic rings. The summed E-state index contributed by atoms with van der Waals surface area (Å²) in [6, 6.07) is 13.0. The van der Waals surface area contributed by atoms with Gasteiger partial charge in [-0.05, 0) is 62.0 Å². The fourth-order valence-corrected chi connectivity index (χ4v) is 4.53. The van der Waals surface area contributed by atoms with Gasteiger partial charge in [0.2, 0.25) is 5.91 Å². The largest absolute Gasteiger partial charge is 0.335 e. The van der Waals surface area contributed by atoms with Gasteiger partial charge in [-0.15, -0.1) is 0 Å². The quantitative estimate of drug-likeness (QED) is 0.334. The number of nitrogens with zero attached hydrogens (tertiary/aromatic N) is 3. The number of likely N-dealkylation sites (tertiary alicyclic amines) is 1. The SMILES string of the molecule is CC(C)c1ccccc1-c1c(/C=C/C(=O)N2CCCCC2CN(C)C)cccc1[N+](=O)[O-]. The number of carbonyl (C=O) groups is 1. The molecule has 3 rings (SSSR count). The third-order valence-electron chi connectivity index (χ3n) is 6.02. The Hall–Kier alpha value is -2.99. The molecule has 0 aliphatic carbocycles. The molecule has 2 aromatic rings. The van der Waals surface area contributed by atoms with E-state index in [4.69, 9.17) is 0 Å². The second kappa shape index (κ2) is 10.6. The number of carbonyl (C=O) groups excluding carboxylic acids is 1. The Bertz CT molecular complexity index is 998. The van der Waals surface area contributed by atoms with Crippen LogP contribution in [0, 0.1) is 10.1 Å². The van der Waals surface area contributed by atoms with Gasteiger partial charge < -0.3 is 9.80 Å². The molecule has 0 bridgehead atoms. The normalized spacial score (nSPS) is 16.8. The minimum atomic E-state index is -0.344. The molecule has 1 aliphatic heterocycles. The average molecular weight is 436 g/mol. The lowest BCUT2D eigenvalue weighted by atomic mass is 9.89. The second-order valence-electron chi connectivity index (χ2n) is 9.02. The first kappa shape index (κ1) is 23.7. The van der Waals surface area contributed by atoms with Crippen molar-refractivity contribution >= 4 is 17.7 Å². The summed E-state index contributed by atoms with van der Waals surface area (Å²) in [5.74, 6) is 0.177. The van der Waals surface area contributed by atoms with Crippen LogP contribution in [0.1, 0.15) is 50.2 Å². The van der Waals surface area contributed by atoms with E-state index in [0.29, 0.717) is 11.1 Å². The summed E-state index contributed by atoms with van der Waals surface area (Å²) < 4.78 is 0. The van der Waals surface area contributed by atoms with Gasteiger partial charge >= 0.3 is 0 Å². The Morgan fingerprint density at radius 3 is 2.62 bits per heavy atom. The van der Waals surface area contributed by atoms with Gasteiger partial charge in [0.15, 0.2) is 0 Å². The van der Waals surface area contributed by atoms with Crippen LogP contribution in [0.5, 0.6) is 0 Å². The highest BCUT2D eigenvalue weighted by Gasteiger charge is 2.26. The van der Waals surface area contributed by atoms with Crippen molar-refractivity contribution in [2.24, 2.45) is 0 Å². The minimum absolute atomic E-state index is 0.0360. The number of hydrogen-bond acceptors (Lipinski definition) is 4. The number of likely N-dealkylation sites (N-methyl/N-ethyl adjacent to an activating group) is 1. The number of nitro benzene ring substituents is 1. The fraction of sp³-hybridized carbons (Fsp3) is 0.423. The zero-order valence-electron chi connectivity index (χ0n) is 19.5. The summed E-state index contributed by atoms with van der Waals surface area (Å²) in [5, 5.41) is 11.9. The number of amides is 1. The summed E-state index contributed by atoms with van der Waals surface area (Å²) >= 11 is 0. The molecule has 2 aromatic carbocycles. The van der Waals surface area contributed by atoms with Crippen LogP contribution in [-0.2, 0) is 4.79 Å². The zero-order valence-corrected chi connectivity index (χ0v) is 19.5. The molecule has 1 heterocycles. The molecule has 0 N–H and O–H groups in total. The van der Waals surface area contributed by atoms with Crippen molar-refractivity contribution in [3.05, 3.63) is 69.8 Å². The zero-order chi connectivity index (χ0) is 23.3. The molecule has 1 atom stereocenters. The van der Waals surface area contributed by atoms with Crippen LogP contribution in [-0.4, -0.2) is 53.9 Å². The third kappa shape index (κ3) is 5.43. The standard InChI is InChI=1S/C26H33N3O3/c1-19(2)22-12-5-6-13-23(22)26-20(10-9-14-24(26)29(31)32)15-16-25(30)28-17-8-7-11-21(28)18-27(3)4/h5-6,9-10,12-16,19,21H,7-8,11,17-18H2,1-4H3/b16-15+. The van der Waals surface area contributed by atoms with Gasteiger partial charge in [-0.1, -0.05) is 50.2 Å². The van der Waals surface area contributed by atoms with E-state index in [2.05, 4.69) is 18.7 Å². The second-order valence-corrected chi connectivity index (χ2v) is 9.02. The van der Waals surface area contributed by atoms with Crippen LogP contribution in [0.3, 0.4) is 0 Å². The lowest BCUT2D eigenvalue weighted by Crippen LogP contribution is -2.47. The summed E-state index contributed by atoms with van der Waals surface area (Å²) in [6.07, 6.45) is 6.46. The molecule has 0 radical (unpaired) electrons. The monoisotopic (exact) mass is 435 g/mol. The summed E-state index contributed by atoms with van der Waals surface area (Å²) in [4.78, 5) is 28.7. The molecule has 0 aromatic heterocycles. The Morgan fingerprint density at radius 2 is 1.94 bits per heavy atom. The topological polar surface area (TPSA) is 66.7 Å². The Balaban J connectivity index is 2.00. The summed E-state index contributed by atoms with van der Waals surface area (Å²) in [6.45, 7) is 5.74. The van der Waals surface area contributed by atoms with Crippen LogP contribution in [0.4, 0.5) is 5.69 Å². The van der Waals surface area contributed by atoms with E-state index in [-0.39, 0.29) is 28.5 Å². The van der Waals surface area contributed by atoms with Crippen LogP contribution in [0.15, 0.2) is 48.5 Å². The van der Waals surface area contributed by atoms with E-state index in [1.165, 1.54) is 6.07 Å². The molecule has 6 nitrogen and oxygen atoms in total. The van der Waals surface area contributed by atoms with Gasteiger partial charge in [0.25, 0.3) is 5.69 Å². The molecular formula is C26H33N3O3. The van der Waals surface area contributed by atoms with Crippen LogP contribution in [0.25, 0.3) is 17.2 Å². The van der Waals surface area contributed by atoms with Gasteiger partial charge in [-0.25, -0.2) is 0 Å². The van der Waals surface area contributed by atoms with Gasteiger partial charge in [0, 0.05) is 31.3 Å². The van der Waals surface area contributed by atoms with Crippen LogP contribution >= 0.6 is 0 Å². The molecule has 32 heavy (non-hydrogen) atoms. The molecule has 1 fully saturated rings. The van der Waals surface area contributed by atoms with Crippen molar-refractivity contribution in [3.63, 3.8) is 0 Å². The minimum Gasteiger partial charge on any atom is -0.335 e. The Labute approximate surface area is 190 Å². The molecular weight excluding hydrogens is 402 g/mol. The summed E-state index contributed by atoms with van der Waals surface area (Å²) in [7, 11) is 4.04. The molecule has 0 spiro atoms. The summed E-state index contributed by atoms with van der Waals surface area (Å²) in [5.41, 5.74) is 3.18. The van der Waals surface area contributed by atoms with Gasteiger partial charge in [0.1, 0.15) is 0 Å².